The van der Waals surface area contributed by atoms with Crippen molar-refractivity contribution in [1.29, 1.82) is 0 Å². The number of nitrogens with zero attached hydrogens (tertiary/aromatic N) is 3. The number of anilines is 1. The van der Waals surface area contributed by atoms with E-state index >= 15 is 0 Å². The number of aryl methyl sites for hydroxylation is 1. The molecule has 2 aromatic rings. The van der Waals surface area contributed by atoms with Gasteiger partial charge in [0.05, 0.1) is 21.1 Å². The van der Waals surface area contributed by atoms with E-state index in [4.69, 9.17) is 0 Å². The number of carbonyl (C=O) groups is 2. The minimum absolute atomic E-state index is 0.0990. The zero-order chi connectivity index (χ0) is 18.7. The van der Waals surface area contributed by atoms with Crippen LogP contribution in [0.4, 0.5) is 10.5 Å². The molecular formula is C19H26N4O2S. The van der Waals surface area contributed by atoms with Crippen molar-refractivity contribution in [3.05, 3.63) is 23.2 Å². The molecule has 0 saturated carbocycles. The van der Waals surface area contributed by atoms with Crippen LogP contribution >= 0.6 is 11.3 Å². The fourth-order valence-electron chi connectivity index (χ4n) is 3.48. The highest BCUT2D eigenvalue weighted by Gasteiger charge is 2.30. The normalized spacial score (nSPS) is 17.3. The molecular weight excluding hydrogens is 348 g/mol. The number of likely N-dealkylation sites (tertiary alicyclic amines) is 1. The number of aromatic nitrogens is 1. The Bertz CT molecular complexity index is 800. The number of benzene rings is 1. The van der Waals surface area contributed by atoms with Crippen molar-refractivity contribution in [1.82, 2.24) is 14.8 Å². The number of rotatable bonds is 4. The van der Waals surface area contributed by atoms with E-state index in [0.29, 0.717) is 26.2 Å². The maximum atomic E-state index is 12.7. The predicted octanol–water partition coefficient (Wildman–Crippen LogP) is 3.72. The first kappa shape index (κ1) is 18.6. The maximum Gasteiger partial charge on any atom is 0.321 e. The largest absolute Gasteiger partial charge is 0.343 e. The van der Waals surface area contributed by atoms with Crippen LogP contribution in [0.1, 0.15) is 31.7 Å². The SMILES string of the molecule is CCN(CC)C(=O)[C@H]1CCCN(C(=O)Nc2ccc3sc(C)nc3c2)C1. The molecule has 0 bridgehead atoms. The summed E-state index contributed by atoms with van der Waals surface area (Å²) in [4.78, 5) is 33.3. The van der Waals surface area contributed by atoms with Crippen LogP contribution in [-0.4, -0.2) is 52.9 Å². The second-order valence-corrected chi connectivity index (χ2v) is 7.88. The van der Waals surface area contributed by atoms with Gasteiger partial charge in [-0.25, -0.2) is 9.78 Å². The Morgan fingerprint density at radius 3 is 2.85 bits per heavy atom. The van der Waals surface area contributed by atoms with E-state index < -0.39 is 0 Å². The summed E-state index contributed by atoms with van der Waals surface area (Å²) in [6, 6.07) is 5.64. The van der Waals surface area contributed by atoms with Gasteiger partial charge in [0.1, 0.15) is 0 Å². The van der Waals surface area contributed by atoms with Crippen molar-refractivity contribution in [3.8, 4) is 0 Å². The van der Waals surface area contributed by atoms with Gasteiger partial charge in [-0.2, -0.15) is 0 Å². The zero-order valence-electron chi connectivity index (χ0n) is 15.6. The van der Waals surface area contributed by atoms with Crippen LogP contribution in [0.3, 0.4) is 0 Å². The van der Waals surface area contributed by atoms with E-state index in [1.807, 2.05) is 43.9 Å². The van der Waals surface area contributed by atoms with E-state index in [-0.39, 0.29) is 17.9 Å². The highest BCUT2D eigenvalue weighted by molar-refractivity contribution is 7.18. The molecule has 26 heavy (non-hydrogen) atoms. The Balaban J connectivity index is 1.65. The molecule has 6 nitrogen and oxygen atoms in total. The lowest BCUT2D eigenvalue weighted by Crippen LogP contribution is -2.47. The van der Waals surface area contributed by atoms with Crippen LogP contribution in [-0.2, 0) is 4.79 Å². The number of fused-ring (bicyclic) bond motifs is 1. The van der Waals surface area contributed by atoms with E-state index in [2.05, 4.69) is 10.3 Å². The van der Waals surface area contributed by atoms with Crippen LogP contribution in [0.2, 0.25) is 0 Å². The third-order valence-electron chi connectivity index (χ3n) is 4.88. The van der Waals surface area contributed by atoms with Crippen LogP contribution in [0.5, 0.6) is 0 Å². The van der Waals surface area contributed by atoms with Crippen LogP contribution in [0, 0.1) is 12.8 Å². The summed E-state index contributed by atoms with van der Waals surface area (Å²) in [6.45, 7) is 8.56. The predicted molar refractivity (Wildman–Crippen MR) is 106 cm³/mol. The Hall–Kier alpha value is -2.15. The third-order valence-corrected chi connectivity index (χ3v) is 5.83. The highest BCUT2D eigenvalue weighted by atomic mass is 32.1. The molecule has 140 valence electrons. The zero-order valence-corrected chi connectivity index (χ0v) is 16.4. The fraction of sp³-hybridized carbons (Fsp3) is 0.526. The van der Waals surface area contributed by atoms with Crippen LogP contribution in [0.25, 0.3) is 10.2 Å². The van der Waals surface area contributed by atoms with Gasteiger partial charge < -0.3 is 15.1 Å². The van der Waals surface area contributed by atoms with Crippen LogP contribution < -0.4 is 5.32 Å². The van der Waals surface area contributed by atoms with Crippen molar-refractivity contribution in [3.63, 3.8) is 0 Å². The Labute approximate surface area is 158 Å². The maximum absolute atomic E-state index is 12.7. The summed E-state index contributed by atoms with van der Waals surface area (Å²) >= 11 is 1.64. The first-order valence-corrected chi connectivity index (χ1v) is 10.0. The van der Waals surface area contributed by atoms with Crippen molar-refractivity contribution in [2.24, 2.45) is 5.92 Å². The van der Waals surface area contributed by atoms with Crippen LogP contribution in [0.15, 0.2) is 18.2 Å². The summed E-state index contributed by atoms with van der Waals surface area (Å²) in [5, 5.41) is 3.97. The summed E-state index contributed by atoms with van der Waals surface area (Å²) in [6.07, 6.45) is 1.71. The third kappa shape index (κ3) is 3.98. The molecule has 1 aromatic heterocycles. The topological polar surface area (TPSA) is 65.5 Å². The quantitative estimate of drug-likeness (QED) is 0.887. The van der Waals surface area contributed by atoms with E-state index in [1.165, 1.54) is 0 Å². The Morgan fingerprint density at radius 2 is 2.12 bits per heavy atom. The van der Waals surface area contributed by atoms with Crippen molar-refractivity contribution in [2.75, 3.05) is 31.5 Å². The monoisotopic (exact) mass is 374 g/mol. The number of nitrogens with one attached hydrogen (secondary N) is 1. The number of amides is 3. The first-order chi connectivity index (χ1) is 12.5. The Morgan fingerprint density at radius 1 is 1.35 bits per heavy atom. The molecule has 2 heterocycles. The Kier molecular flexibility index (Phi) is 5.76. The minimum atomic E-state index is -0.145. The number of hydrogen-bond acceptors (Lipinski definition) is 4. The number of hydrogen-bond donors (Lipinski definition) is 1. The molecule has 1 N–H and O–H groups in total. The summed E-state index contributed by atoms with van der Waals surface area (Å²) < 4.78 is 1.11. The van der Waals surface area contributed by atoms with E-state index in [1.54, 1.807) is 16.2 Å². The van der Waals surface area contributed by atoms with E-state index in [9.17, 15) is 9.59 Å². The molecule has 0 radical (unpaired) electrons. The molecule has 3 rings (SSSR count). The van der Waals surface area contributed by atoms with Gasteiger partial charge in [-0.05, 0) is 51.8 Å². The van der Waals surface area contributed by atoms with Crippen molar-refractivity contribution in [2.45, 2.75) is 33.6 Å². The summed E-state index contributed by atoms with van der Waals surface area (Å²) in [7, 11) is 0. The smallest absolute Gasteiger partial charge is 0.321 e. The van der Waals surface area contributed by atoms with Crippen molar-refractivity contribution >= 4 is 39.2 Å². The summed E-state index contributed by atoms with van der Waals surface area (Å²) in [5.41, 5.74) is 1.64. The van der Waals surface area contributed by atoms with Gasteiger partial charge >= 0.3 is 6.03 Å². The van der Waals surface area contributed by atoms with Gasteiger partial charge in [0, 0.05) is 31.9 Å². The van der Waals surface area contributed by atoms with Crippen molar-refractivity contribution < 1.29 is 9.59 Å². The second-order valence-electron chi connectivity index (χ2n) is 6.64. The van der Waals surface area contributed by atoms with Gasteiger partial charge in [-0.15, -0.1) is 11.3 Å². The van der Waals surface area contributed by atoms with Gasteiger partial charge in [0.25, 0.3) is 0 Å². The molecule has 1 aromatic carbocycles. The molecule has 1 atom stereocenters. The average molecular weight is 375 g/mol. The van der Waals surface area contributed by atoms with Gasteiger partial charge in [-0.1, -0.05) is 0 Å². The second kappa shape index (κ2) is 8.03. The molecule has 0 unspecified atom stereocenters. The standard InChI is InChI=1S/C19H26N4O2S/c1-4-22(5-2)18(24)14-7-6-10-23(12-14)19(25)21-15-8-9-17-16(11-15)20-13(3)26-17/h8-9,11,14H,4-7,10,12H2,1-3H3,(H,21,25)/t14-/m0/s1. The number of thiazole rings is 1. The molecule has 7 heteroatoms. The minimum Gasteiger partial charge on any atom is -0.343 e. The lowest BCUT2D eigenvalue weighted by molar-refractivity contribution is -0.136. The first-order valence-electron chi connectivity index (χ1n) is 9.23. The van der Waals surface area contributed by atoms with Gasteiger partial charge in [-0.3, -0.25) is 4.79 Å². The molecule has 0 aliphatic carbocycles. The fourth-order valence-corrected chi connectivity index (χ4v) is 4.29. The molecule has 1 fully saturated rings. The number of carbonyl (C=O) groups excluding carboxylic acids is 2. The number of urea groups is 1. The molecule has 1 aliphatic heterocycles. The average Bonchev–Trinajstić information content (AvgIpc) is 3.02. The molecule has 0 spiro atoms. The number of piperidine rings is 1. The lowest BCUT2D eigenvalue weighted by Gasteiger charge is -2.34. The summed E-state index contributed by atoms with van der Waals surface area (Å²) in [5.74, 6) is 0.0601. The van der Waals surface area contributed by atoms with E-state index in [0.717, 1.165) is 33.8 Å². The lowest BCUT2D eigenvalue weighted by atomic mass is 9.96. The van der Waals surface area contributed by atoms with Gasteiger partial charge in [0.2, 0.25) is 5.91 Å². The molecule has 1 saturated heterocycles. The van der Waals surface area contributed by atoms with Gasteiger partial charge in [0.15, 0.2) is 0 Å². The molecule has 1 aliphatic rings. The molecule has 3 amide bonds. The highest BCUT2D eigenvalue weighted by Crippen LogP contribution is 2.25.